The smallest absolute Gasteiger partial charge is 0.330 e. The molecule has 24 heavy (non-hydrogen) atoms. The molecule has 0 aliphatic carbocycles. The second-order valence-corrected chi connectivity index (χ2v) is 5.61. The van der Waals surface area contributed by atoms with Crippen LogP contribution < -0.4 is 16.6 Å². The predicted octanol–water partition coefficient (Wildman–Crippen LogP) is 2.04. The van der Waals surface area contributed by atoms with Gasteiger partial charge in [0.2, 0.25) is 0 Å². The molecular formula is C16H14N6OS. The molecule has 2 rings (SSSR count). The minimum absolute atomic E-state index is 0.154. The Hall–Kier alpha value is -3.23. The number of terminal acetylenes is 1. The molecule has 0 atom stereocenters. The number of nitrogens with one attached hydrogen (secondary N) is 2. The number of amides is 2. The number of hydrazine groups is 1. The molecule has 0 spiro atoms. The quantitative estimate of drug-likeness (QED) is 0.332. The summed E-state index contributed by atoms with van der Waals surface area (Å²) in [5, 5.41) is 9.88. The van der Waals surface area contributed by atoms with Gasteiger partial charge in [0.25, 0.3) is 0 Å². The van der Waals surface area contributed by atoms with Crippen molar-refractivity contribution < 1.29 is 4.79 Å². The molecule has 0 fully saturated rings. The van der Waals surface area contributed by atoms with E-state index in [-0.39, 0.29) is 11.4 Å². The Morgan fingerprint density at radius 3 is 2.67 bits per heavy atom. The summed E-state index contributed by atoms with van der Waals surface area (Å²) < 4.78 is 0. The molecule has 0 saturated heterocycles. The Kier molecular flexibility index (Phi) is 5.61. The molecule has 8 heteroatoms. The summed E-state index contributed by atoms with van der Waals surface area (Å²) in [4.78, 5) is 19.5. The molecule has 7 nitrogen and oxygen atoms in total. The molecule has 0 radical (unpaired) electrons. The van der Waals surface area contributed by atoms with Gasteiger partial charge in [-0.25, -0.2) is 14.8 Å². The zero-order chi connectivity index (χ0) is 17.5. The molecule has 2 amide bonds. The number of anilines is 1. The number of urea groups is 1. The number of benzene rings is 1. The standard InChI is InChI=1S/C16H14N6OS/c1-3-8-24-16-19-13(11-6-4-10(2)5-7-11)12(9-17)14(20-16)21-22-15(18)23/h1,4-7H,8H2,2H3,(H3,18,22,23)(H,19,20,21). The first kappa shape index (κ1) is 17.1. The first-order chi connectivity index (χ1) is 11.5. The Labute approximate surface area is 143 Å². The Bertz CT molecular complexity index is 835. The first-order valence-corrected chi connectivity index (χ1v) is 7.80. The molecule has 0 bridgehead atoms. The lowest BCUT2D eigenvalue weighted by Crippen LogP contribution is -2.35. The van der Waals surface area contributed by atoms with Gasteiger partial charge in [-0.2, -0.15) is 5.26 Å². The number of aromatic nitrogens is 2. The molecule has 1 aromatic heterocycles. The number of nitrogens with zero attached hydrogens (tertiary/aromatic N) is 3. The van der Waals surface area contributed by atoms with Crippen LogP contribution in [-0.2, 0) is 0 Å². The van der Waals surface area contributed by atoms with Crippen molar-refractivity contribution in [2.45, 2.75) is 12.1 Å². The number of hydrogen-bond acceptors (Lipinski definition) is 6. The third kappa shape index (κ3) is 4.15. The van der Waals surface area contributed by atoms with Crippen LogP contribution in [0.1, 0.15) is 11.1 Å². The van der Waals surface area contributed by atoms with Crippen molar-refractivity contribution in [1.82, 2.24) is 15.4 Å². The molecule has 0 saturated carbocycles. The van der Waals surface area contributed by atoms with E-state index in [4.69, 9.17) is 12.2 Å². The SMILES string of the molecule is C#CCSc1nc(NNC(N)=O)c(C#N)c(-c2ccc(C)cc2)n1. The molecule has 0 aliphatic rings. The van der Waals surface area contributed by atoms with Crippen molar-refractivity contribution in [3.8, 4) is 29.7 Å². The van der Waals surface area contributed by atoms with Crippen LogP contribution >= 0.6 is 11.8 Å². The molecule has 1 aromatic carbocycles. The summed E-state index contributed by atoms with van der Waals surface area (Å²) in [5.74, 6) is 3.02. The highest BCUT2D eigenvalue weighted by atomic mass is 32.2. The third-order valence-electron chi connectivity index (χ3n) is 2.91. The number of rotatable bonds is 5. The zero-order valence-electron chi connectivity index (χ0n) is 12.8. The first-order valence-electron chi connectivity index (χ1n) is 6.82. The van der Waals surface area contributed by atoms with Crippen molar-refractivity contribution in [3.05, 3.63) is 35.4 Å². The topological polar surface area (TPSA) is 117 Å². The highest BCUT2D eigenvalue weighted by molar-refractivity contribution is 7.99. The highest BCUT2D eigenvalue weighted by Crippen LogP contribution is 2.28. The molecule has 0 unspecified atom stereocenters. The van der Waals surface area contributed by atoms with Gasteiger partial charge in [-0.05, 0) is 6.92 Å². The summed E-state index contributed by atoms with van der Waals surface area (Å²) in [6.07, 6.45) is 5.27. The summed E-state index contributed by atoms with van der Waals surface area (Å²) in [6, 6.07) is 8.81. The van der Waals surface area contributed by atoms with Gasteiger partial charge in [-0.1, -0.05) is 47.5 Å². The second kappa shape index (κ2) is 7.86. The molecule has 1 heterocycles. The summed E-state index contributed by atoms with van der Waals surface area (Å²) in [5.41, 5.74) is 12.3. The van der Waals surface area contributed by atoms with Crippen LogP contribution in [-0.4, -0.2) is 21.8 Å². The molecule has 4 N–H and O–H groups in total. The maximum Gasteiger partial charge on any atom is 0.330 e. The molecule has 2 aromatic rings. The minimum Gasteiger partial charge on any atom is -0.350 e. The van der Waals surface area contributed by atoms with Crippen molar-refractivity contribution in [2.24, 2.45) is 5.73 Å². The van der Waals surface area contributed by atoms with Crippen LogP contribution in [0.5, 0.6) is 0 Å². The number of nitriles is 1. The number of aryl methyl sites for hydroxylation is 1. The third-order valence-corrected chi connectivity index (χ3v) is 3.67. The lowest BCUT2D eigenvalue weighted by molar-refractivity contribution is 0.250. The van der Waals surface area contributed by atoms with Crippen LogP contribution in [0, 0.1) is 30.6 Å². The van der Waals surface area contributed by atoms with Gasteiger partial charge >= 0.3 is 6.03 Å². The van der Waals surface area contributed by atoms with E-state index in [0.29, 0.717) is 16.6 Å². The van der Waals surface area contributed by atoms with Crippen LogP contribution in [0.15, 0.2) is 29.4 Å². The van der Waals surface area contributed by atoms with Gasteiger partial charge < -0.3 is 5.73 Å². The van der Waals surface area contributed by atoms with Gasteiger partial charge in [0.1, 0.15) is 11.6 Å². The number of carbonyl (C=O) groups is 1. The number of hydrogen-bond donors (Lipinski definition) is 3. The summed E-state index contributed by atoms with van der Waals surface area (Å²) in [6.45, 7) is 1.97. The van der Waals surface area contributed by atoms with Crippen molar-refractivity contribution in [2.75, 3.05) is 11.2 Å². The van der Waals surface area contributed by atoms with Crippen LogP contribution in [0.4, 0.5) is 10.6 Å². The van der Waals surface area contributed by atoms with Gasteiger partial charge in [0, 0.05) is 5.56 Å². The monoisotopic (exact) mass is 338 g/mol. The van der Waals surface area contributed by atoms with E-state index in [1.165, 1.54) is 11.8 Å². The van der Waals surface area contributed by atoms with E-state index < -0.39 is 6.03 Å². The van der Waals surface area contributed by atoms with Crippen molar-refractivity contribution >= 4 is 23.6 Å². The molecule has 0 aliphatic heterocycles. The number of primary amides is 1. The van der Waals surface area contributed by atoms with Crippen molar-refractivity contribution in [3.63, 3.8) is 0 Å². The van der Waals surface area contributed by atoms with Gasteiger partial charge in [-0.15, -0.1) is 6.42 Å². The largest absolute Gasteiger partial charge is 0.350 e. The average Bonchev–Trinajstić information content (AvgIpc) is 2.58. The van der Waals surface area contributed by atoms with E-state index in [1.54, 1.807) is 0 Å². The van der Waals surface area contributed by atoms with Gasteiger partial charge in [-0.3, -0.25) is 10.9 Å². The summed E-state index contributed by atoms with van der Waals surface area (Å²) >= 11 is 1.25. The number of thioether (sulfide) groups is 1. The highest BCUT2D eigenvalue weighted by Gasteiger charge is 2.16. The van der Waals surface area contributed by atoms with E-state index >= 15 is 0 Å². The Morgan fingerprint density at radius 2 is 2.08 bits per heavy atom. The maximum absolute atomic E-state index is 10.9. The molecule has 120 valence electrons. The zero-order valence-corrected chi connectivity index (χ0v) is 13.6. The predicted molar refractivity (Wildman–Crippen MR) is 92.8 cm³/mol. The van der Waals surface area contributed by atoms with Gasteiger partial charge in [0.05, 0.1) is 11.4 Å². The Morgan fingerprint density at radius 1 is 1.38 bits per heavy atom. The lowest BCUT2D eigenvalue weighted by Gasteiger charge is -2.12. The Balaban J connectivity index is 2.55. The molecular weight excluding hydrogens is 324 g/mol. The fourth-order valence-corrected chi connectivity index (χ4v) is 2.37. The van der Waals surface area contributed by atoms with Crippen LogP contribution in [0.3, 0.4) is 0 Å². The fourth-order valence-electron chi connectivity index (χ4n) is 1.85. The lowest BCUT2D eigenvalue weighted by atomic mass is 10.1. The maximum atomic E-state index is 10.9. The minimum atomic E-state index is -0.799. The van der Waals surface area contributed by atoms with E-state index in [9.17, 15) is 10.1 Å². The average molecular weight is 338 g/mol. The fraction of sp³-hybridized carbons (Fsp3) is 0.125. The number of carbonyl (C=O) groups excluding carboxylic acids is 1. The van der Waals surface area contributed by atoms with Gasteiger partial charge in [0.15, 0.2) is 11.0 Å². The van der Waals surface area contributed by atoms with Crippen LogP contribution in [0.25, 0.3) is 11.3 Å². The van der Waals surface area contributed by atoms with E-state index in [1.807, 2.05) is 31.2 Å². The van der Waals surface area contributed by atoms with Crippen LogP contribution in [0.2, 0.25) is 0 Å². The summed E-state index contributed by atoms with van der Waals surface area (Å²) in [7, 11) is 0. The second-order valence-electron chi connectivity index (χ2n) is 4.66. The van der Waals surface area contributed by atoms with E-state index in [0.717, 1.165) is 11.1 Å². The normalized spacial score (nSPS) is 9.62. The van der Waals surface area contributed by atoms with Crippen molar-refractivity contribution in [1.29, 1.82) is 5.26 Å². The number of nitrogens with two attached hydrogens (primary N) is 1. The van der Waals surface area contributed by atoms with E-state index in [2.05, 4.69) is 32.8 Å².